The summed E-state index contributed by atoms with van der Waals surface area (Å²) in [6.07, 6.45) is 0. The van der Waals surface area contributed by atoms with E-state index in [4.69, 9.17) is 23.2 Å². The molecule has 12 aromatic rings. The molecule has 0 saturated heterocycles. The molecule has 0 amide bonds. The zero-order valence-electron chi connectivity index (χ0n) is 39.9. The number of hydrogen-bond acceptors (Lipinski definition) is 3. The first-order chi connectivity index (χ1) is 32.5. The molecule has 0 radical (unpaired) electrons. The van der Waals surface area contributed by atoms with Crippen molar-refractivity contribution in [2.75, 3.05) is 0 Å². The summed E-state index contributed by atoms with van der Waals surface area (Å²) >= 11 is 0. The summed E-state index contributed by atoms with van der Waals surface area (Å²) in [7, 11) is 0. The molecule has 266 valence electrons. The van der Waals surface area contributed by atoms with Gasteiger partial charge >= 0.3 is 0 Å². The van der Waals surface area contributed by atoms with Crippen LogP contribution in [0.4, 0.5) is 0 Å². The Labute approximate surface area is 341 Å². The van der Waals surface area contributed by atoms with Crippen LogP contribution in [0.2, 0.25) is 0 Å². The van der Waals surface area contributed by atoms with Gasteiger partial charge in [0.25, 0.3) is 0 Å². The van der Waals surface area contributed by atoms with Crippen LogP contribution in [0.5, 0.6) is 0 Å². The predicted molar refractivity (Wildman–Crippen MR) is 234 cm³/mol. The summed E-state index contributed by atoms with van der Waals surface area (Å²) < 4.78 is 97.5. The molecule has 0 N–H and O–H groups in total. The van der Waals surface area contributed by atoms with Gasteiger partial charge in [-0.1, -0.05) is 133 Å². The van der Waals surface area contributed by atoms with E-state index < -0.39 is 42.3 Å². The highest BCUT2D eigenvalue weighted by molar-refractivity contribution is 6.19. The van der Waals surface area contributed by atoms with Gasteiger partial charge in [-0.2, -0.15) is 9.97 Å². The second-order valence-electron chi connectivity index (χ2n) is 13.7. The van der Waals surface area contributed by atoms with E-state index in [1.165, 1.54) is 4.57 Å². The van der Waals surface area contributed by atoms with Gasteiger partial charge in [-0.3, -0.25) is 4.57 Å². The molecule has 0 aliphatic heterocycles. The smallest absolute Gasteiger partial charge is 0.238 e. The molecule has 57 heavy (non-hydrogen) atoms. The van der Waals surface area contributed by atoms with E-state index in [-0.39, 0.29) is 79.3 Å². The lowest BCUT2D eigenvalue weighted by atomic mass is 10.1. The van der Waals surface area contributed by atoms with Gasteiger partial charge < -0.3 is 9.13 Å². The van der Waals surface area contributed by atoms with Crippen LogP contribution < -0.4 is 0 Å². The van der Waals surface area contributed by atoms with Crippen molar-refractivity contribution in [2.45, 2.75) is 0 Å². The molecule has 6 nitrogen and oxygen atoms in total. The minimum Gasteiger partial charge on any atom is -0.309 e. The fraction of sp³-hybridized carbons (Fsp3) is 0. The third kappa shape index (κ3) is 4.81. The first kappa shape index (κ1) is 23.2. The van der Waals surface area contributed by atoms with Crippen molar-refractivity contribution >= 4 is 65.4 Å². The highest BCUT2D eigenvalue weighted by atomic mass is 15.2. The summed E-state index contributed by atoms with van der Waals surface area (Å²) in [6, 6.07) is 37.8. The molecule has 4 aromatic heterocycles. The third-order valence-corrected chi connectivity index (χ3v) is 10.5. The monoisotopic (exact) mass is 738 g/mol. The van der Waals surface area contributed by atoms with Gasteiger partial charge in [0.1, 0.15) is 0 Å². The lowest BCUT2D eigenvalue weighted by molar-refractivity contribution is 0.953. The molecule has 0 aliphatic carbocycles. The van der Waals surface area contributed by atoms with Gasteiger partial charge in [0.05, 0.1) is 46.8 Å². The number of para-hydroxylation sites is 5. The first-order valence-electron chi connectivity index (χ1n) is 23.4. The molecule has 12 rings (SSSR count). The van der Waals surface area contributed by atoms with E-state index in [0.29, 0.717) is 16.8 Å². The normalized spacial score (nSPS) is 14.3. The molecule has 0 atom stereocenters. The van der Waals surface area contributed by atoms with Crippen LogP contribution >= 0.6 is 0 Å². The zero-order chi connectivity index (χ0) is 46.2. The standard InChI is InChI=1S/C51H32N6/c1-4-16-33(17-5-1)49-52-50(34-28-29-40-37-22-10-13-25-43(37)55(46(40)30-34)35-18-6-2-7-19-35)54-51(53-49)57-45-27-15-12-24-39(45)42-31-41-38-23-11-14-26-44(38)56(47(41)32-48(42)57)36-20-8-3-9-21-36/h1-32H/i11D,12D,14D,15D,23D,24D,26D,27D,31D,32D. The van der Waals surface area contributed by atoms with Crippen molar-refractivity contribution in [3.05, 3.63) is 194 Å². The average molecular weight is 739 g/mol. The number of nitrogens with zero attached hydrogens (tertiary/aromatic N) is 6. The maximum absolute atomic E-state index is 10.2. The number of hydrogen-bond donors (Lipinski definition) is 0. The fourth-order valence-electron chi connectivity index (χ4n) is 8.02. The van der Waals surface area contributed by atoms with Crippen LogP contribution in [0.3, 0.4) is 0 Å². The summed E-state index contributed by atoms with van der Waals surface area (Å²) in [6.45, 7) is 0. The van der Waals surface area contributed by atoms with Crippen molar-refractivity contribution in [1.82, 2.24) is 28.7 Å². The molecular formula is C51H32N6. The Morgan fingerprint density at radius 2 is 0.877 bits per heavy atom. The summed E-state index contributed by atoms with van der Waals surface area (Å²) in [4.78, 5) is 15.1. The van der Waals surface area contributed by atoms with E-state index in [2.05, 4.69) is 16.7 Å². The average Bonchev–Trinajstić information content (AvgIpc) is 4.04. The van der Waals surface area contributed by atoms with E-state index in [1.807, 2.05) is 91.0 Å². The number of fused-ring (bicyclic) bond motifs is 9. The van der Waals surface area contributed by atoms with Gasteiger partial charge in [0, 0.05) is 54.8 Å². The van der Waals surface area contributed by atoms with E-state index in [0.717, 1.165) is 27.5 Å². The van der Waals surface area contributed by atoms with Crippen molar-refractivity contribution < 1.29 is 13.7 Å². The minimum absolute atomic E-state index is 0.00380. The lowest BCUT2D eigenvalue weighted by Gasteiger charge is -2.12. The number of aromatic nitrogens is 6. The Hall–Kier alpha value is -7.83. The maximum Gasteiger partial charge on any atom is 0.238 e. The third-order valence-electron chi connectivity index (χ3n) is 10.5. The van der Waals surface area contributed by atoms with E-state index in [9.17, 15) is 5.48 Å². The Kier molecular flexibility index (Phi) is 5.02. The van der Waals surface area contributed by atoms with Crippen LogP contribution in [0, 0.1) is 0 Å². The molecule has 8 aromatic carbocycles. The van der Waals surface area contributed by atoms with Crippen LogP contribution in [0.1, 0.15) is 13.7 Å². The first-order valence-corrected chi connectivity index (χ1v) is 18.4. The van der Waals surface area contributed by atoms with Crippen molar-refractivity contribution in [2.24, 2.45) is 0 Å². The van der Waals surface area contributed by atoms with Crippen LogP contribution in [-0.2, 0) is 0 Å². The van der Waals surface area contributed by atoms with Crippen LogP contribution in [-0.4, -0.2) is 28.7 Å². The Morgan fingerprint density at radius 1 is 0.351 bits per heavy atom. The summed E-state index contributed by atoms with van der Waals surface area (Å²) in [5.41, 5.74) is 4.56. The molecular weight excluding hydrogens is 697 g/mol. The van der Waals surface area contributed by atoms with Crippen molar-refractivity contribution in [3.8, 4) is 40.1 Å². The number of benzene rings is 8. The van der Waals surface area contributed by atoms with E-state index >= 15 is 0 Å². The Morgan fingerprint density at radius 3 is 1.56 bits per heavy atom. The SMILES string of the molecule is [2H]c1c([2H])c([2H])c2c(c1[2H])c1c([2H])c3c4c([2H])c([2H])c([2H])c([2H])c4n(-c4nc(-c5ccccc5)nc(-c5ccc6c7ccccc7n(-c7ccccc7)c6c5)n4)c3c([2H])c1n2-c1ccccc1. The van der Waals surface area contributed by atoms with Gasteiger partial charge in [0.15, 0.2) is 11.6 Å². The van der Waals surface area contributed by atoms with Gasteiger partial charge in [0.2, 0.25) is 5.95 Å². The second-order valence-corrected chi connectivity index (χ2v) is 13.7. The molecule has 0 saturated carbocycles. The molecule has 6 heteroatoms. The van der Waals surface area contributed by atoms with Crippen LogP contribution in [0.25, 0.3) is 106 Å². The lowest BCUT2D eigenvalue weighted by Crippen LogP contribution is -2.06. The Balaban J connectivity index is 1.26. The second kappa shape index (κ2) is 12.3. The molecule has 0 aliphatic rings. The van der Waals surface area contributed by atoms with Crippen molar-refractivity contribution in [1.29, 1.82) is 0 Å². The van der Waals surface area contributed by atoms with Gasteiger partial charge in [-0.15, -0.1) is 0 Å². The zero-order valence-corrected chi connectivity index (χ0v) is 29.9. The molecule has 0 bridgehead atoms. The maximum atomic E-state index is 10.2. The highest BCUT2D eigenvalue weighted by Crippen LogP contribution is 2.40. The topological polar surface area (TPSA) is 53.5 Å². The largest absolute Gasteiger partial charge is 0.309 e. The van der Waals surface area contributed by atoms with Crippen LogP contribution in [0.15, 0.2) is 194 Å². The molecule has 4 heterocycles. The fourth-order valence-corrected chi connectivity index (χ4v) is 8.02. The highest BCUT2D eigenvalue weighted by Gasteiger charge is 2.22. The molecule has 0 spiro atoms. The quantitative estimate of drug-likeness (QED) is 0.177. The Bertz CT molecular complexity index is 4090. The number of rotatable bonds is 5. The minimum atomic E-state index is -0.556. The summed E-state index contributed by atoms with van der Waals surface area (Å²) in [5, 5.41) is 1.98. The van der Waals surface area contributed by atoms with Gasteiger partial charge in [-0.05, 0) is 60.6 Å². The van der Waals surface area contributed by atoms with Gasteiger partial charge in [-0.25, -0.2) is 4.98 Å². The molecule has 0 fully saturated rings. The van der Waals surface area contributed by atoms with E-state index in [1.54, 1.807) is 34.9 Å². The summed E-state index contributed by atoms with van der Waals surface area (Å²) in [5.74, 6) is 0.379. The molecule has 0 unspecified atom stereocenters. The van der Waals surface area contributed by atoms with Crippen molar-refractivity contribution in [3.63, 3.8) is 0 Å². The predicted octanol–water partition coefficient (Wildman–Crippen LogP) is 12.5.